The van der Waals surface area contributed by atoms with Crippen LogP contribution in [0.25, 0.3) is 0 Å². The first kappa shape index (κ1) is 23.7. The lowest BCUT2D eigenvalue weighted by atomic mass is 9.90. The molecule has 0 saturated carbocycles. The fraction of sp³-hybridized carbons (Fsp3) is 0.310. The molecule has 0 aliphatic carbocycles. The fourth-order valence-electron chi connectivity index (χ4n) is 5.75. The highest BCUT2D eigenvalue weighted by molar-refractivity contribution is 6.30. The summed E-state index contributed by atoms with van der Waals surface area (Å²) in [6, 6.07) is 20.7. The van der Waals surface area contributed by atoms with Gasteiger partial charge in [-0.15, -0.1) is 0 Å². The van der Waals surface area contributed by atoms with E-state index in [9.17, 15) is 9.59 Å². The Kier molecular flexibility index (Phi) is 5.75. The van der Waals surface area contributed by atoms with Crippen LogP contribution in [0.15, 0.2) is 66.7 Å². The van der Waals surface area contributed by atoms with Crippen molar-refractivity contribution in [2.24, 2.45) is 0 Å². The van der Waals surface area contributed by atoms with Crippen LogP contribution in [0.1, 0.15) is 40.9 Å². The maximum Gasteiger partial charge on any atom is 0.325 e. The van der Waals surface area contributed by atoms with E-state index in [1.807, 2.05) is 72.5 Å². The third-order valence-corrected chi connectivity index (χ3v) is 7.85. The number of fused-ring (bicyclic) bond motifs is 4. The number of ether oxygens (including phenoxy) is 1. The molecule has 6 rings (SSSR count). The molecule has 37 heavy (non-hydrogen) atoms. The SMILES string of the molecule is Cc1ccc(Cl)cc1N1CCN(C(=O)c2cccc(N3C(=O)NC4CC3(C)Oc3ccccc34)c2)CC1. The van der Waals surface area contributed by atoms with Gasteiger partial charge in [0.25, 0.3) is 5.91 Å². The van der Waals surface area contributed by atoms with Crippen molar-refractivity contribution in [3.05, 3.63) is 88.4 Å². The standard InChI is InChI=1S/C29H29ClN4O3/c1-19-10-11-21(30)17-25(19)32-12-14-33(15-13-32)27(35)20-6-5-7-22(16-20)34-28(36)31-24-18-29(34,2)37-26-9-4-3-8-23(24)26/h3-11,16-17,24H,12-15,18H2,1-2H3,(H,31,36). The number of nitrogens with one attached hydrogen (secondary N) is 1. The van der Waals surface area contributed by atoms with Crippen LogP contribution in [0.2, 0.25) is 5.02 Å². The second-order valence-electron chi connectivity index (χ2n) is 10.1. The van der Waals surface area contributed by atoms with E-state index >= 15 is 0 Å². The normalized spacial score (nSPS) is 22.7. The molecule has 2 bridgehead atoms. The summed E-state index contributed by atoms with van der Waals surface area (Å²) >= 11 is 6.22. The summed E-state index contributed by atoms with van der Waals surface area (Å²) in [7, 11) is 0. The minimum atomic E-state index is -0.858. The third kappa shape index (κ3) is 4.17. The monoisotopic (exact) mass is 516 g/mol. The Labute approximate surface area is 221 Å². The van der Waals surface area contributed by atoms with E-state index in [0.29, 0.717) is 35.8 Å². The van der Waals surface area contributed by atoms with Crippen molar-refractivity contribution in [3.63, 3.8) is 0 Å². The maximum absolute atomic E-state index is 13.5. The lowest BCUT2D eigenvalue weighted by molar-refractivity contribution is 0.0378. The molecule has 0 radical (unpaired) electrons. The highest BCUT2D eigenvalue weighted by Crippen LogP contribution is 2.45. The van der Waals surface area contributed by atoms with Crippen LogP contribution in [0.4, 0.5) is 16.2 Å². The van der Waals surface area contributed by atoms with Gasteiger partial charge < -0.3 is 19.9 Å². The molecule has 2 unspecified atom stereocenters. The number of carbonyl (C=O) groups excluding carboxylic acids is 2. The van der Waals surface area contributed by atoms with Crippen LogP contribution in [-0.4, -0.2) is 48.7 Å². The number of rotatable bonds is 3. The number of anilines is 2. The number of aryl methyl sites for hydroxylation is 1. The molecule has 2 fully saturated rings. The third-order valence-electron chi connectivity index (χ3n) is 7.61. The minimum absolute atomic E-state index is 0.0420. The van der Waals surface area contributed by atoms with Crippen molar-refractivity contribution in [3.8, 4) is 5.75 Å². The first-order valence-electron chi connectivity index (χ1n) is 12.6. The molecule has 0 aromatic heterocycles. The maximum atomic E-state index is 13.5. The predicted molar refractivity (Wildman–Crippen MR) is 145 cm³/mol. The van der Waals surface area contributed by atoms with E-state index in [1.54, 1.807) is 11.0 Å². The van der Waals surface area contributed by atoms with Crippen LogP contribution in [-0.2, 0) is 0 Å². The van der Waals surface area contributed by atoms with Crippen molar-refractivity contribution in [1.82, 2.24) is 10.2 Å². The number of nitrogens with zero attached hydrogens (tertiary/aromatic N) is 3. The lowest BCUT2D eigenvalue weighted by Crippen LogP contribution is -2.65. The number of urea groups is 1. The van der Waals surface area contributed by atoms with Crippen LogP contribution in [0, 0.1) is 6.92 Å². The number of halogens is 1. The zero-order chi connectivity index (χ0) is 25.7. The zero-order valence-electron chi connectivity index (χ0n) is 20.9. The zero-order valence-corrected chi connectivity index (χ0v) is 21.7. The molecule has 2 atom stereocenters. The van der Waals surface area contributed by atoms with Crippen LogP contribution < -0.4 is 19.9 Å². The van der Waals surface area contributed by atoms with Gasteiger partial charge in [0.05, 0.1) is 11.7 Å². The van der Waals surface area contributed by atoms with Gasteiger partial charge in [-0.2, -0.15) is 0 Å². The molecule has 0 spiro atoms. The molecule has 190 valence electrons. The molecule has 3 heterocycles. The number of para-hydroxylation sites is 1. The summed E-state index contributed by atoms with van der Waals surface area (Å²) < 4.78 is 6.37. The first-order valence-corrected chi connectivity index (χ1v) is 13.0. The molecule has 8 heteroatoms. The van der Waals surface area contributed by atoms with Gasteiger partial charge >= 0.3 is 6.03 Å². The van der Waals surface area contributed by atoms with Gasteiger partial charge in [0.15, 0.2) is 5.72 Å². The van der Waals surface area contributed by atoms with Gasteiger partial charge in [-0.05, 0) is 55.8 Å². The number of carbonyl (C=O) groups is 2. The van der Waals surface area contributed by atoms with Gasteiger partial charge in [-0.1, -0.05) is 41.9 Å². The molecular formula is C29H29ClN4O3. The van der Waals surface area contributed by atoms with Gasteiger partial charge in [0, 0.05) is 54.4 Å². The Morgan fingerprint density at radius 2 is 1.81 bits per heavy atom. The Balaban J connectivity index is 1.21. The first-order chi connectivity index (χ1) is 17.8. The van der Waals surface area contributed by atoms with Gasteiger partial charge in [-0.3, -0.25) is 9.69 Å². The Morgan fingerprint density at radius 3 is 2.62 bits per heavy atom. The number of hydrogen-bond donors (Lipinski definition) is 1. The molecule has 3 amide bonds. The van der Waals surface area contributed by atoms with Gasteiger partial charge in [0.1, 0.15) is 5.75 Å². The van der Waals surface area contributed by atoms with Crippen molar-refractivity contribution in [2.75, 3.05) is 36.0 Å². The Bertz CT molecular complexity index is 1390. The summed E-state index contributed by atoms with van der Waals surface area (Å²) in [5.41, 5.74) is 3.60. The van der Waals surface area contributed by atoms with Crippen LogP contribution >= 0.6 is 11.6 Å². The van der Waals surface area contributed by atoms with E-state index in [4.69, 9.17) is 16.3 Å². The molecule has 7 nitrogen and oxygen atoms in total. The highest BCUT2D eigenvalue weighted by Gasteiger charge is 2.49. The number of hydrogen-bond acceptors (Lipinski definition) is 4. The quantitative estimate of drug-likeness (QED) is 0.507. The van der Waals surface area contributed by atoms with E-state index in [2.05, 4.69) is 17.1 Å². The van der Waals surface area contributed by atoms with Crippen molar-refractivity contribution in [1.29, 1.82) is 0 Å². The predicted octanol–water partition coefficient (Wildman–Crippen LogP) is 5.38. The fourth-order valence-corrected chi connectivity index (χ4v) is 5.91. The number of piperazine rings is 1. The Morgan fingerprint density at radius 1 is 1.03 bits per heavy atom. The molecule has 3 aromatic rings. The van der Waals surface area contributed by atoms with Gasteiger partial charge in [0.2, 0.25) is 0 Å². The minimum Gasteiger partial charge on any atom is -0.467 e. The van der Waals surface area contributed by atoms with Crippen molar-refractivity contribution in [2.45, 2.75) is 32.0 Å². The van der Waals surface area contributed by atoms with Crippen LogP contribution in [0.5, 0.6) is 5.75 Å². The molecule has 3 aliphatic rings. The smallest absolute Gasteiger partial charge is 0.325 e. The lowest BCUT2D eigenvalue weighted by Gasteiger charge is -2.50. The summed E-state index contributed by atoms with van der Waals surface area (Å²) in [5, 5.41) is 3.83. The molecule has 1 N–H and O–H groups in total. The summed E-state index contributed by atoms with van der Waals surface area (Å²) in [4.78, 5) is 32.5. The van der Waals surface area contributed by atoms with Crippen molar-refractivity contribution < 1.29 is 14.3 Å². The van der Waals surface area contributed by atoms with Crippen LogP contribution in [0.3, 0.4) is 0 Å². The van der Waals surface area contributed by atoms with E-state index in [-0.39, 0.29) is 18.0 Å². The largest absolute Gasteiger partial charge is 0.467 e. The highest BCUT2D eigenvalue weighted by atomic mass is 35.5. The second-order valence-corrected chi connectivity index (χ2v) is 10.6. The summed E-state index contributed by atoms with van der Waals surface area (Å²) in [6.07, 6.45) is 0.610. The average Bonchev–Trinajstić information content (AvgIpc) is 2.89. The summed E-state index contributed by atoms with van der Waals surface area (Å²) in [6.45, 7) is 6.68. The topological polar surface area (TPSA) is 65.1 Å². The molecular weight excluding hydrogens is 488 g/mol. The van der Waals surface area contributed by atoms with Crippen molar-refractivity contribution >= 4 is 34.9 Å². The average molecular weight is 517 g/mol. The number of amides is 3. The van der Waals surface area contributed by atoms with E-state index in [1.165, 1.54) is 5.56 Å². The summed E-state index contributed by atoms with van der Waals surface area (Å²) in [5.74, 6) is 0.728. The molecule has 3 aliphatic heterocycles. The Hall–Kier alpha value is -3.71. The molecule has 2 saturated heterocycles. The second kappa shape index (κ2) is 8.99. The van der Waals surface area contributed by atoms with E-state index in [0.717, 1.165) is 30.1 Å². The number of benzene rings is 3. The molecule has 3 aromatic carbocycles. The van der Waals surface area contributed by atoms with Gasteiger partial charge in [-0.25, -0.2) is 4.79 Å². The van der Waals surface area contributed by atoms with E-state index < -0.39 is 5.72 Å².